The van der Waals surface area contributed by atoms with Gasteiger partial charge in [0.05, 0.1) is 13.2 Å². The highest BCUT2D eigenvalue weighted by Crippen LogP contribution is 2.20. The van der Waals surface area contributed by atoms with Gasteiger partial charge in [-0.05, 0) is 45.3 Å². The van der Waals surface area contributed by atoms with Crippen LogP contribution in [-0.2, 0) is 9.53 Å². The number of likely N-dealkylation sites (tertiary alicyclic amines) is 1. The van der Waals surface area contributed by atoms with Gasteiger partial charge in [-0.1, -0.05) is 6.92 Å². The van der Waals surface area contributed by atoms with Crippen LogP contribution >= 0.6 is 0 Å². The summed E-state index contributed by atoms with van der Waals surface area (Å²) in [5, 5.41) is 6.16. The van der Waals surface area contributed by atoms with Crippen LogP contribution in [0.2, 0.25) is 0 Å². The molecule has 1 amide bonds. The number of ether oxygens (including phenoxy) is 1. The minimum absolute atomic E-state index is 0.0508. The summed E-state index contributed by atoms with van der Waals surface area (Å²) in [5.74, 6) is 0.740. The number of amides is 1. The van der Waals surface area contributed by atoms with Crippen molar-refractivity contribution >= 4 is 5.91 Å². The van der Waals surface area contributed by atoms with Crippen LogP contribution in [0, 0.1) is 5.92 Å². The zero-order valence-electron chi connectivity index (χ0n) is 12.6. The van der Waals surface area contributed by atoms with Crippen LogP contribution in [0.4, 0.5) is 0 Å². The van der Waals surface area contributed by atoms with Crippen LogP contribution in [0.1, 0.15) is 26.7 Å². The summed E-state index contributed by atoms with van der Waals surface area (Å²) >= 11 is 0. The number of methoxy groups -OCH3 is 1. The van der Waals surface area contributed by atoms with Crippen molar-refractivity contribution in [2.24, 2.45) is 5.92 Å². The zero-order valence-corrected chi connectivity index (χ0v) is 12.6. The summed E-state index contributed by atoms with van der Waals surface area (Å²) in [4.78, 5) is 14.1. The lowest BCUT2D eigenvalue weighted by atomic mass is 9.90. The van der Waals surface area contributed by atoms with E-state index in [1.165, 1.54) is 25.9 Å². The molecule has 0 aromatic rings. The third-order valence-electron chi connectivity index (χ3n) is 4.00. The first kappa shape index (κ1) is 16.4. The third-order valence-corrected chi connectivity index (χ3v) is 4.00. The zero-order chi connectivity index (χ0) is 14.1. The second-order valence-electron chi connectivity index (χ2n) is 5.28. The Morgan fingerprint density at radius 1 is 1.42 bits per heavy atom. The van der Waals surface area contributed by atoms with Crippen molar-refractivity contribution in [3.63, 3.8) is 0 Å². The van der Waals surface area contributed by atoms with Gasteiger partial charge in [0.25, 0.3) is 0 Å². The Morgan fingerprint density at radius 3 is 2.68 bits per heavy atom. The molecule has 0 saturated carbocycles. The van der Waals surface area contributed by atoms with E-state index in [1.807, 2.05) is 0 Å². The summed E-state index contributed by atoms with van der Waals surface area (Å²) in [6, 6.07) is 0.409. The van der Waals surface area contributed by atoms with Crippen LogP contribution in [0.25, 0.3) is 0 Å². The van der Waals surface area contributed by atoms with E-state index in [9.17, 15) is 4.79 Å². The lowest BCUT2D eigenvalue weighted by Gasteiger charge is -2.34. The van der Waals surface area contributed by atoms with E-state index in [-0.39, 0.29) is 5.91 Å². The number of nitrogens with zero attached hydrogens (tertiary/aromatic N) is 1. The second kappa shape index (κ2) is 9.28. The van der Waals surface area contributed by atoms with Crippen molar-refractivity contribution in [2.75, 3.05) is 46.4 Å². The van der Waals surface area contributed by atoms with Crippen molar-refractivity contribution in [1.29, 1.82) is 0 Å². The number of nitrogens with one attached hydrogen (secondary N) is 2. The molecule has 1 atom stereocenters. The number of carbonyl (C=O) groups is 1. The quantitative estimate of drug-likeness (QED) is 0.630. The number of hydrogen-bond acceptors (Lipinski definition) is 4. The number of rotatable bonds is 8. The van der Waals surface area contributed by atoms with Crippen molar-refractivity contribution in [3.05, 3.63) is 0 Å². The minimum Gasteiger partial charge on any atom is -0.383 e. The van der Waals surface area contributed by atoms with Gasteiger partial charge in [0.15, 0.2) is 0 Å². The lowest BCUT2D eigenvalue weighted by Crippen LogP contribution is -2.45. The maximum absolute atomic E-state index is 11.6. The van der Waals surface area contributed by atoms with Gasteiger partial charge in [0.1, 0.15) is 0 Å². The Hall–Kier alpha value is -0.650. The normalized spacial score (nSPS) is 19.3. The summed E-state index contributed by atoms with van der Waals surface area (Å²) in [5.41, 5.74) is 0. The summed E-state index contributed by atoms with van der Waals surface area (Å²) in [6.45, 7) is 9.48. The molecule has 5 nitrogen and oxygen atoms in total. The fourth-order valence-corrected chi connectivity index (χ4v) is 2.54. The molecule has 0 aromatic heterocycles. The molecule has 112 valence electrons. The molecule has 0 spiro atoms. The third kappa shape index (κ3) is 6.36. The first-order chi connectivity index (χ1) is 9.17. The van der Waals surface area contributed by atoms with Crippen LogP contribution in [0.15, 0.2) is 0 Å². The van der Waals surface area contributed by atoms with E-state index >= 15 is 0 Å². The van der Waals surface area contributed by atoms with Crippen molar-refractivity contribution in [2.45, 2.75) is 32.7 Å². The molecular formula is C14H29N3O2. The van der Waals surface area contributed by atoms with Crippen molar-refractivity contribution < 1.29 is 9.53 Å². The molecule has 5 heteroatoms. The molecule has 1 rings (SSSR count). The van der Waals surface area contributed by atoms with Gasteiger partial charge in [-0.15, -0.1) is 0 Å². The van der Waals surface area contributed by atoms with Crippen LogP contribution in [0.3, 0.4) is 0 Å². The maximum Gasteiger partial charge on any atom is 0.234 e. The first-order valence-corrected chi connectivity index (χ1v) is 7.38. The molecule has 0 radical (unpaired) electrons. The average molecular weight is 271 g/mol. The van der Waals surface area contributed by atoms with Crippen LogP contribution < -0.4 is 10.6 Å². The Morgan fingerprint density at radius 2 is 2.11 bits per heavy atom. The predicted octanol–water partition coefficient (Wildman–Crippen LogP) is 0.459. The fraction of sp³-hybridized carbons (Fsp3) is 0.929. The summed E-state index contributed by atoms with van der Waals surface area (Å²) in [6.07, 6.45) is 2.46. The highest BCUT2D eigenvalue weighted by atomic mass is 16.5. The minimum atomic E-state index is 0.0508. The highest BCUT2D eigenvalue weighted by Gasteiger charge is 2.23. The van der Waals surface area contributed by atoms with E-state index in [0.29, 0.717) is 31.7 Å². The first-order valence-electron chi connectivity index (χ1n) is 7.38. The van der Waals surface area contributed by atoms with Crippen LogP contribution in [-0.4, -0.2) is 63.3 Å². The van der Waals surface area contributed by atoms with Gasteiger partial charge in [0, 0.05) is 19.7 Å². The van der Waals surface area contributed by atoms with Gasteiger partial charge < -0.3 is 20.3 Å². The molecule has 0 aromatic carbocycles. The number of hydrogen-bond donors (Lipinski definition) is 2. The summed E-state index contributed by atoms with van der Waals surface area (Å²) < 4.78 is 4.89. The average Bonchev–Trinajstić information content (AvgIpc) is 2.45. The highest BCUT2D eigenvalue weighted by molar-refractivity contribution is 5.77. The van der Waals surface area contributed by atoms with Gasteiger partial charge >= 0.3 is 0 Å². The van der Waals surface area contributed by atoms with Crippen molar-refractivity contribution in [3.8, 4) is 0 Å². The van der Waals surface area contributed by atoms with E-state index < -0.39 is 0 Å². The number of piperidine rings is 1. The van der Waals surface area contributed by atoms with E-state index in [0.717, 1.165) is 6.54 Å². The van der Waals surface area contributed by atoms with Gasteiger partial charge in [0.2, 0.25) is 5.91 Å². The molecule has 1 fully saturated rings. The molecule has 1 saturated heterocycles. The topological polar surface area (TPSA) is 53.6 Å². The van der Waals surface area contributed by atoms with Gasteiger partial charge in [-0.25, -0.2) is 0 Å². The largest absolute Gasteiger partial charge is 0.383 e. The SMILES string of the molecule is CCN1CCC(C(C)NCC(=O)NCCOC)CC1. The maximum atomic E-state index is 11.6. The molecule has 1 aliphatic heterocycles. The predicted molar refractivity (Wildman–Crippen MR) is 77.2 cm³/mol. The van der Waals surface area contributed by atoms with Crippen LogP contribution in [0.5, 0.6) is 0 Å². The Balaban J connectivity index is 2.13. The molecular weight excluding hydrogens is 242 g/mol. The molecule has 19 heavy (non-hydrogen) atoms. The monoisotopic (exact) mass is 271 g/mol. The van der Waals surface area contributed by atoms with E-state index in [4.69, 9.17) is 4.74 Å². The Kier molecular flexibility index (Phi) is 8.02. The Bertz CT molecular complexity index is 253. The molecule has 0 bridgehead atoms. The van der Waals surface area contributed by atoms with Gasteiger partial charge in [-0.2, -0.15) is 0 Å². The molecule has 1 aliphatic rings. The fourth-order valence-electron chi connectivity index (χ4n) is 2.54. The molecule has 1 heterocycles. The smallest absolute Gasteiger partial charge is 0.234 e. The standard InChI is InChI=1S/C14H29N3O2/c1-4-17-8-5-13(6-9-17)12(2)16-11-14(18)15-7-10-19-3/h12-13,16H,4-11H2,1-3H3,(H,15,18). The molecule has 2 N–H and O–H groups in total. The molecule has 0 aliphatic carbocycles. The van der Waals surface area contributed by atoms with Gasteiger partial charge in [-0.3, -0.25) is 4.79 Å². The Labute approximate surface area is 117 Å². The van der Waals surface area contributed by atoms with E-state index in [2.05, 4.69) is 29.4 Å². The lowest BCUT2D eigenvalue weighted by molar-refractivity contribution is -0.120. The summed E-state index contributed by atoms with van der Waals surface area (Å²) in [7, 11) is 1.63. The van der Waals surface area contributed by atoms with Crippen molar-refractivity contribution in [1.82, 2.24) is 15.5 Å². The second-order valence-corrected chi connectivity index (χ2v) is 5.28. The number of carbonyl (C=O) groups excluding carboxylic acids is 1. The molecule has 1 unspecified atom stereocenters. The van der Waals surface area contributed by atoms with E-state index in [1.54, 1.807) is 7.11 Å².